The van der Waals surface area contributed by atoms with E-state index in [2.05, 4.69) is 0 Å². The summed E-state index contributed by atoms with van der Waals surface area (Å²) in [7, 11) is 3.25. The lowest BCUT2D eigenvalue weighted by atomic mass is 10.1. The van der Waals surface area contributed by atoms with Crippen LogP contribution in [0.15, 0.2) is 18.2 Å². The third-order valence-corrected chi connectivity index (χ3v) is 2.04. The quantitative estimate of drug-likeness (QED) is 0.566. The Labute approximate surface area is 89.5 Å². The van der Waals surface area contributed by atoms with E-state index in [1.54, 1.807) is 14.2 Å². The molecular weight excluding hydrogens is 192 g/mol. The van der Waals surface area contributed by atoms with Crippen LogP contribution in [0, 0.1) is 5.41 Å². The van der Waals surface area contributed by atoms with Crippen LogP contribution in [0.4, 0.5) is 0 Å². The Morgan fingerprint density at radius 2 is 2.13 bits per heavy atom. The molecule has 0 aliphatic carbocycles. The highest BCUT2D eigenvalue weighted by Gasteiger charge is 2.05. The van der Waals surface area contributed by atoms with Gasteiger partial charge in [-0.05, 0) is 17.7 Å². The summed E-state index contributed by atoms with van der Waals surface area (Å²) in [6.07, 6.45) is 0.403. The first kappa shape index (κ1) is 11.5. The predicted molar refractivity (Wildman–Crippen MR) is 59.3 cm³/mol. The fourth-order valence-electron chi connectivity index (χ4n) is 1.43. The van der Waals surface area contributed by atoms with Crippen LogP contribution in [0.2, 0.25) is 0 Å². The first-order chi connectivity index (χ1) is 7.17. The van der Waals surface area contributed by atoms with E-state index < -0.39 is 0 Å². The summed E-state index contributed by atoms with van der Waals surface area (Å²) < 4.78 is 10.2. The van der Waals surface area contributed by atoms with Crippen molar-refractivity contribution in [2.45, 2.75) is 13.0 Å². The number of ether oxygens (including phenoxy) is 2. The van der Waals surface area contributed by atoms with E-state index in [0.29, 0.717) is 13.0 Å². The van der Waals surface area contributed by atoms with Crippen molar-refractivity contribution in [3.63, 3.8) is 0 Å². The largest absolute Gasteiger partial charge is 0.496 e. The molecule has 4 heteroatoms. The van der Waals surface area contributed by atoms with E-state index in [0.717, 1.165) is 16.9 Å². The van der Waals surface area contributed by atoms with Crippen molar-refractivity contribution in [2.24, 2.45) is 5.73 Å². The van der Waals surface area contributed by atoms with E-state index in [4.69, 9.17) is 20.6 Å². The van der Waals surface area contributed by atoms with Crippen LogP contribution in [-0.2, 0) is 17.8 Å². The van der Waals surface area contributed by atoms with Gasteiger partial charge in [-0.15, -0.1) is 0 Å². The normalized spacial score (nSPS) is 10.0. The minimum absolute atomic E-state index is 0.128. The monoisotopic (exact) mass is 208 g/mol. The minimum atomic E-state index is 0.128. The molecule has 0 spiro atoms. The molecule has 0 aliphatic rings. The van der Waals surface area contributed by atoms with Crippen molar-refractivity contribution in [3.05, 3.63) is 29.3 Å². The van der Waals surface area contributed by atoms with Gasteiger partial charge in [0.05, 0.1) is 19.6 Å². The third-order valence-electron chi connectivity index (χ3n) is 2.04. The zero-order chi connectivity index (χ0) is 11.3. The zero-order valence-electron chi connectivity index (χ0n) is 9.04. The van der Waals surface area contributed by atoms with Gasteiger partial charge in [-0.3, -0.25) is 5.41 Å². The molecule has 4 nitrogen and oxygen atoms in total. The molecule has 0 radical (unpaired) electrons. The summed E-state index contributed by atoms with van der Waals surface area (Å²) in [5.41, 5.74) is 7.34. The molecule has 0 saturated carbocycles. The number of hydrogen-bond donors (Lipinski definition) is 2. The van der Waals surface area contributed by atoms with E-state index in [9.17, 15) is 0 Å². The average molecular weight is 208 g/mol. The van der Waals surface area contributed by atoms with Crippen LogP contribution in [0.1, 0.15) is 11.1 Å². The smallest absolute Gasteiger partial charge is 0.122 e. The molecule has 0 aliphatic heterocycles. The Kier molecular flexibility index (Phi) is 4.12. The molecular formula is C11H16N2O2. The number of rotatable bonds is 5. The second kappa shape index (κ2) is 5.36. The topological polar surface area (TPSA) is 68.3 Å². The van der Waals surface area contributed by atoms with Crippen molar-refractivity contribution >= 4 is 5.84 Å². The van der Waals surface area contributed by atoms with Gasteiger partial charge >= 0.3 is 0 Å². The Morgan fingerprint density at radius 3 is 2.67 bits per heavy atom. The van der Waals surface area contributed by atoms with Gasteiger partial charge in [0.15, 0.2) is 0 Å². The number of amidine groups is 1. The maximum absolute atomic E-state index is 7.27. The van der Waals surface area contributed by atoms with Crippen molar-refractivity contribution in [1.82, 2.24) is 0 Å². The van der Waals surface area contributed by atoms with E-state index in [1.165, 1.54) is 0 Å². The van der Waals surface area contributed by atoms with Crippen LogP contribution < -0.4 is 10.5 Å². The van der Waals surface area contributed by atoms with Crippen LogP contribution in [0.25, 0.3) is 0 Å². The van der Waals surface area contributed by atoms with Crippen LogP contribution in [0.3, 0.4) is 0 Å². The molecule has 82 valence electrons. The maximum Gasteiger partial charge on any atom is 0.122 e. The molecule has 0 saturated heterocycles. The second-order valence-electron chi connectivity index (χ2n) is 3.28. The average Bonchev–Trinajstić information content (AvgIpc) is 2.18. The van der Waals surface area contributed by atoms with E-state index in [-0.39, 0.29) is 5.84 Å². The van der Waals surface area contributed by atoms with E-state index in [1.807, 2.05) is 18.2 Å². The van der Waals surface area contributed by atoms with Gasteiger partial charge < -0.3 is 15.2 Å². The lowest BCUT2D eigenvalue weighted by Gasteiger charge is -2.09. The summed E-state index contributed by atoms with van der Waals surface area (Å²) in [6.45, 7) is 0.550. The Morgan fingerprint density at radius 1 is 1.40 bits per heavy atom. The fraction of sp³-hybridized carbons (Fsp3) is 0.364. The molecule has 0 aromatic heterocycles. The highest BCUT2D eigenvalue weighted by Crippen LogP contribution is 2.20. The van der Waals surface area contributed by atoms with Crippen molar-refractivity contribution in [3.8, 4) is 5.75 Å². The van der Waals surface area contributed by atoms with Crippen molar-refractivity contribution in [2.75, 3.05) is 14.2 Å². The van der Waals surface area contributed by atoms with Gasteiger partial charge in [0, 0.05) is 19.1 Å². The van der Waals surface area contributed by atoms with Gasteiger partial charge in [0.1, 0.15) is 5.75 Å². The first-order valence-corrected chi connectivity index (χ1v) is 4.65. The highest BCUT2D eigenvalue weighted by molar-refractivity contribution is 5.80. The summed E-state index contributed by atoms with van der Waals surface area (Å²) in [5.74, 6) is 0.882. The standard InChI is InChI=1S/C11H16N2O2/c1-14-7-8-3-4-10(15-2)9(5-8)6-11(12)13/h3-5H,6-7H2,1-2H3,(H3,12,13). The molecule has 1 aromatic rings. The van der Waals surface area contributed by atoms with Gasteiger partial charge in [-0.1, -0.05) is 6.07 Å². The van der Waals surface area contributed by atoms with Gasteiger partial charge in [0.2, 0.25) is 0 Å². The molecule has 0 unspecified atom stereocenters. The summed E-state index contributed by atoms with van der Waals surface area (Å²) in [6, 6.07) is 5.75. The zero-order valence-corrected chi connectivity index (χ0v) is 9.04. The number of benzene rings is 1. The lowest BCUT2D eigenvalue weighted by Crippen LogP contribution is -2.13. The van der Waals surface area contributed by atoms with Crippen LogP contribution in [-0.4, -0.2) is 20.1 Å². The van der Waals surface area contributed by atoms with Crippen molar-refractivity contribution in [1.29, 1.82) is 5.41 Å². The van der Waals surface area contributed by atoms with Gasteiger partial charge in [0.25, 0.3) is 0 Å². The molecule has 1 aromatic carbocycles. The summed E-state index contributed by atoms with van der Waals surface area (Å²) >= 11 is 0. The molecule has 3 N–H and O–H groups in total. The van der Waals surface area contributed by atoms with E-state index >= 15 is 0 Å². The Balaban J connectivity index is 2.96. The predicted octanol–water partition coefficient (Wildman–Crippen LogP) is 1.32. The highest BCUT2D eigenvalue weighted by atomic mass is 16.5. The SMILES string of the molecule is COCc1ccc(OC)c(CC(=N)N)c1. The lowest BCUT2D eigenvalue weighted by molar-refractivity contribution is 0.185. The number of nitrogens with one attached hydrogen (secondary N) is 1. The Hall–Kier alpha value is -1.55. The Bertz CT molecular complexity index is 350. The van der Waals surface area contributed by atoms with Crippen molar-refractivity contribution < 1.29 is 9.47 Å². The molecule has 0 atom stereocenters. The molecule has 15 heavy (non-hydrogen) atoms. The first-order valence-electron chi connectivity index (χ1n) is 4.65. The van der Waals surface area contributed by atoms with Gasteiger partial charge in [-0.2, -0.15) is 0 Å². The molecule has 0 bridgehead atoms. The van der Waals surface area contributed by atoms with Gasteiger partial charge in [-0.25, -0.2) is 0 Å². The maximum atomic E-state index is 7.27. The second-order valence-corrected chi connectivity index (χ2v) is 3.28. The minimum Gasteiger partial charge on any atom is -0.496 e. The molecule has 0 amide bonds. The number of hydrogen-bond acceptors (Lipinski definition) is 3. The number of methoxy groups -OCH3 is 2. The summed E-state index contributed by atoms with van der Waals surface area (Å²) in [4.78, 5) is 0. The fourth-order valence-corrected chi connectivity index (χ4v) is 1.43. The third kappa shape index (κ3) is 3.25. The van der Waals surface area contributed by atoms with Crippen LogP contribution in [0.5, 0.6) is 5.75 Å². The molecule has 1 rings (SSSR count). The molecule has 0 fully saturated rings. The molecule has 0 heterocycles. The van der Waals surface area contributed by atoms with Crippen LogP contribution >= 0.6 is 0 Å². The summed E-state index contributed by atoms with van der Waals surface area (Å²) in [5, 5.41) is 7.27. The number of nitrogens with two attached hydrogens (primary N) is 1.